The highest BCUT2D eigenvalue weighted by molar-refractivity contribution is 8.08. The van der Waals surface area contributed by atoms with E-state index in [-0.39, 0.29) is 17.9 Å². The number of likely N-dealkylation sites (N-methyl/N-ethyl adjacent to an activating group) is 1. The molecule has 2 rings (SSSR count). The number of ether oxygens (including phenoxy) is 1. The standard InChI is InChI=1S/C15H18ClNO2S/c1-17(2)13-8-14(10-4-6-11(16)7-5-10)20-9-12(13)15(18)19-3/h4-8,12-13H,9H2,1-3H3/t12-,13+/m0/s1. The van der Waals surface area contributed by atoms with Crippen molar-refractivity contribution < 1.29 is 9.53 Å². The molecule has 1 aliphatic rings. The molecule has 0 bridgehead atoms. The topological polar surface area (TPSA) is 29.5 Å². The molecule has 1 aromatic carbocycles. The Kier molecular flexibility index (Phi) is 5.13. The number of methoxy groups -OCH3 is 1. The van der Waals surface area contributed by atoms with Crippen molar-refractivity contribution in [3.8, 4) is 0 Å². The lowest BCUT2D eigenvalue weighted by atomic mass is 9.98. The Hall–Kier alpha value is -0.970. The summed E-state index contributed by atoms with van der Waals surface area (Å²) in [6.45, 7) is 0. The van der Waals surface area contributed by atoms with Gasteiger partial charge in [-0.15, -0.1) is 11.8 Å². The van der Waals surface area contributed by atoms with Crippen molar-refractivity contribution in [1.82, 2.24) is 4.90 Å². The van der Waals surface area contributed by atoms with E-state index in [1.54, 1.807) is 11.8 Å². The van der Waals surface area contributed by atoms with Gasteiger partial charge in [0.15, 0.2) is 0 Å². The van der Waals surface area contributed by atoms with E-state index in [0.717, 1.165) is 16.3 Å². The zero-order valence-electron chi connectivity index (χ0n) is 11.8. The van der Waals surface area contributed by atoms with E-state index >= 15 is 0 Å². The van der Waals surface area contributed by atoms with Gasteiger partial charge >= 0.3 is 5.97 Å². The lowest BCUT2D eigenvalue weighted by molar-refractivity contribution is -0.146. The van der Waals surface area contributed by atoms with E-state index in [1.807, 2.05) is 38.4 Å². The molecule has 0 fully saturated rings. The summed E-state index contributed by atoms with van der Waals surface area (Å²) in [6, 6.07) is 7.83. The molecule has 1 aliphatic heterocycles. The van der Waals surface area contributed by atoms with Gasteiger partial charge in [0.2, 0.25) is 0 Å². The van der Waals surface area contributed by atoms with E-state index < -0.39 is 0 Å². The van der Waals surface area contributed by atoms with Crippen molar-refractivity contribution in [2.24, 2.45) is 5.92 Å². The maximum atomic E-state index is 11.9. The Morgan fingerprint density at radius 1 is 1.35 bits per heavy atom. The van der Waals surface area contributed by atoms with Crippen LogP contribution in [0, 0.1) is 5.92 Å². The van der Waals surface area contributed by atoms with Crippen LogP contribution in [-0.2, 0) is 9.53 Å². The molecule has 0 saturated carbocycles. The first-order valence-electron chi connectivity index (χ1n) is 6.37. The van der Waals surface area contributed by atoms with Gasteiger partial charge in [-0.05, 0) is 31.8 Å². The molecule has 0 unspecified atom stereocenters. The summed E-state index contributed by atoms with van der Waals surface area (Å²) in [4.78, 5) is 15.1. The van der Waals surface area contributed by atoms with E-state index in [4.69, 9.17) is 16.3 Å². The molecule has 0 aliphatic carbocycles. The zero-order valence-corrected chi connectivity index (χ0v) is 13.4. The van der Waals surface area contributed by atoms with Crippen molar-refractivity contribution >= 4 is 34.2 Å². The highest BCUT2D eigenvalue weighted by atomic mass is 35.5. The fourth-order valence-corrected chi connectivity index (χ4v) is 3.62. The number of hydrogen-bond acceptors (Lipinski definition) is 4. The second-order valence-corrected chi connectivity index (χ2v) is 6.43. The van der Waals surface area contributed by atoms with Crippen LogP contribution in [0.3, 0.4) is 0 Å². The SMILES string of the molecule is COC(=O)[C@H]1CSC(c2ccc(Cl)cc2)=C[C@H]1N(C)C. The molecule has 0 N–H and O–H groups in total. The van der Waals surface area contributed by atoms with Crippen LogP contribution >= 0.6 is 23.4 Å². The number of carbonyl (C=O) groups is 1. The van der Waals surface area contributed by atoms with E-state index in [9.17, 15) is 4.79 Å². The molecule has 108 valence electrons. The van der Waals surface area contributed by atoms with Crippen molar-refractivity contribution in [2.45, 2.75) is 6.04 Å². The Morgan fingerprint density at radius 2 is 2.00 bits per heavy atom. The Balaban J connectivity index is 2.28. The highest BCUT2D eigenvalue weighted by Gasteiger charge is 2.33. The quantitative estimate of drug-likeness (QED) is 0.802. The van der Waals surface area contributed by atoms with Crippen LogP contribution in [0.2, 0.25) is 5.02 Å². The number of carbonyl (C=O) groups excluding carboxylic acids is 1. The molecule has 3 nitrogen and oxygen atoms in total. The first-order valence-corrected chi connectivity index (χ1v) is 7.74. The molecule has 0 saturated heterocycles. The van der Waals surface area contributed by atoms with Crippen molar-refractivity contribution in [2.75, 3.05) is 27.0 Å². The molecule has 0 amide bonds. The number of thioether (sulfide) groups is 1. The molecule has 0 spiro atoms. The van der Waals surface area contributed by atoms with Crippen molar-refractivity contribution in [3.63, 3.8) is 0 Å². The summed E-state index contributed by atoms with van der Waals surface area (Å²) in [5.74, 6) is 0.447. The number of hydrogen-bond donors (Lipinski definition) is 0. The smallest absolute Gasteiger partial charge is 0.311 e. The van der Waals surface area contributed by atoms with Crippen LogP contribution in [0.1, 0.15) is 5.56 Å². The highest BCUT2D eigenvalue weighted by Crippen LogP contribution is 2.37. The number of halogens is 1. The third kappa shape index (κ3) is 3.37. The van der Waals surface area contributed by atoms with Crippen LogP contribution < -0.4 is 0 Å². The number of benzene rings is 1. The number of nitrogens with zero attached hydrogens (tertiary/aromatic N) is 1. The summed E-state index contributed by atoms with van der Waals surface area (Å²) < 4.78 is 4.90. The lowest BCUT2D eigenvalue weighted by Crippen LogP contribution is -2.41. The third-order valence-electron chi connectivity index (χ3n) is 3.38. The average Bonchev–Trinajstić information content (AvgIpc) is 2.46. The summed E-state index contributed by atoms with van der Waals surface area (Å²) >= 11 is 7.60. The molecular formula is C15H18ClNO2S. The predicted octanol–water partition coefficient (Wildman–Crippen LogP) is 3.15. The van der Waals surface area contributed by atoms with E-state index in [2.05, 4.69) is 11.0 Å². The van der Waals surface area contributed by atoms with E-state index in [0.29, 0.717) is 0 Å². The molecule has 5 heteroatoms. The van der Waals surface area contributed by atoms with Gasteiger partial charge in [-0.2, -0.15) is 0 Å². The number of rotatable bonds is 3. The maximum absolute atomic E-state index is 11.9. The first kappa shape index (κ1) is 15.4. The Bertz CT molecular complexity index is 513. The summed E-state index contributed by atoms with van der Waals surface area (Å²) in [5, 5.41) is 0.728. The van der Waals surface area contributed by atoms with Gasteiger partial charge in [-0.25, -0.2) is 0 Å². The largest absolute Gasteiger partial charge is 0.469 e. The molecule has 1 heterocycles. The zero-order chi connectivity index (χ0) is 14.7. The lowest BCUT2D eigenvalue weighted by Gasteiger charge is -2.32. The predicted molar refractivity (Wildman–Crippen MR) is 84.9 cm³/mol. The summed E-state index contributed by atoms with van der Waals surface area (Å²) in [6.07, 6.45) is 2.14. The van der Waals surface area contributed by atoms with Gasteiger partial charge in [0.05, 0.1) is 13.0 Å². The van der Waals surface area contributed by atoms with Crippen molar-refractivity contribution in [1.29, 1.82) is 0 Å². The van der Waals surface area contributed by atoms with Gasteiger partial charge in [-0.3, -0.25) is 4.79 Å². The van der Waals surface area contributed by atoms with Crippen LogP contribution in [0.5, 0.6) is 0 Å². The van der Waals surface area contributed by atoms with Crippen LogP contribution in [0.25, 0.3) is 4.91 Å². The van der Waals surface area contributed by atoms with Gasteiger partial charge in [-0.1, -0.05) is 29.8 Å². The van der Waals surface area contributed by atoms with Gasteiger partial charge in [0.25, 0.3) is 0 Å². The normalized spacial score (nSPS) is 22.6. The van der Waals surface area contributed by atoms with Crippen molar-refractivity contribution in [3.05, 3.63) is 40.9 Å². The summed E-state index contributed by atoms with van der Waals surface area (Å²) in [7, 11) is 5.40. The van der Waals surface area contributed by atoms with E-state index in [1.165, 1.54) is 12.0 Å². The minimum Gasteiger partial charge on any atom is -0.469 e. The molecular weight excluding hydrogens is 294 g/mol. The molecule has 0 radical (unpaired) electrons. The third-order valence-corrected chi connectivity index (χ3v) is 4.84. The molecule has 20 heavy (non-hydrogen) atoms. The summed E-state index contributed by atoms with van der Waals surface area (Å²) in [5.41, 5.74) is 1.13. The van der Waals surface area contributed by atoms with Gasteiger partial charge < -0.3 is 9.64 Å². The van der Waals surface area contributed by atoms with Crippen LogP contribution in [-0.4, -0.2) is 43.9 Å². The number of esters is 1. The maximum Gasteiger partial charge on any atom is 0.311 e. The molecule has 2 atom stereocenters. The van der Waals surface area contributed by atoms with Gasteiger partial charge in [0, 0.05) is 21.7 Å². The average molecular weight is 312 g/mol. The van der Waals surface area contributed by atoms with Crippen LogP contribution in [0.15, 0.2) is 30.3 Å². The fourth-order valence-electron chi connectivity index (χ4n) is 2.26. The fraction of sp³-hybridized carbons (Fsp3) is 0.400. The second kappa shape index (κ2) is 6.66. The minimum atomic E-state index is -0.150. The monoisotopic (exact) mass is 311 g/mol. The molecule has 1 aromatic rings. The first-order chi connectivity index (χ1) is 9.52. The second-order valence-electron chi connectivity index (χ2n) is 4.93. The Morgan fingerprint density at radius 3 is 2.55 bits per heavy atom. The minimum absolute atomic E-state index is 0.0504. The van der Waals surface area contributed by atoms with Gasteiger partial charge in [0.1, 0.15) is 0 Å². The van der Waals surface area contributed by atoms with Crippen LogP contribution in [0.4, 0.5) is 0 Å². The molecule has 0 aromatic heterocycles. The Labute approximate surface area is 128 Å².